The standard InChI is InChI=1S/C37H28F3N5O/c38-37(39,40)30-13-7-14-31(22-30)46-36-43-34(41-21-20-29-12-6-11-28-10-4-5-15-32(28)29)33-35(44-36)45(24-42-33)23-25-16-18-27(19-17-25)26-8-2-1-3-9-26/h1-19,22,24H,20-21,23H2,(H,41,43,44). The molecule has 0 saturated carbocycles. The fraction of sp³-hybridized carbons (Fsp3) is 0.108. The number of ether oxygens (including phenoxy) is 1. The Balaban J connectivity index is 1.19. The van der Waals surface area contributed by atoms with Crippen LogP contribution in [0.1, 0.15) is 16.7 Å². The van der Waals surface area contributed by atoms with Crippen molar-refractivity contribution in [1.29, 1.82) is 0 Å². The Morgan fingerprint density at radius 2 is 1.48 bits per heavy atom. The average Bonchev–Trinajstić information content (AvgIpc) is 3.48. The number of rotatable bonds is 9. The van der Waals surface area contributed by atoms with Gasteiger partial charge in [0, 0.05) is 6.54 Å². The van der Waals surface area contributed by atoms with E-state index in [4.69, 9.17) is 4.74 Å². The second kappa shape index (κ2) is 12.4. The van der Waals surface area contributed by atoms with Crippen molar-refractivity contribution in [3.8, 4) is 22.9 Å². The number of hydrogen-bond acceptors (Lipinski definition) is 5. The quantitative estimate of drug-likeness (QED) is 0.175. The van der Waals surface area contributed by atoms with E-state index in [1.165, 1.54) is 23.1 Å². The highest BCUT2D eigenvalue weighted by Crippen LogP contribution is 2.33. The van der Waals surface area contributed by atoms with Crippen molar-refractivity contribution < 1.29 is 17.9 Å². The van der Waals surface area contributed by atoms with Gasteiger partial charge in [-0.1, -0.05) is 103 Å². The molecule has 0 spiro atoms. The summed E-state index contributed by atoms with van der Waals surface area (Å²) in [7, 11) is 0. The van der Waals surface area contributed by atoms with E-state index < -0.39 is 11.7 Å². The van der Waals surface area contributed by atoms with E-state index in [-0.39, 0.29) is 11.8 Å². The van der Waals surface area contributed by atoms with Crippen molar-refractivity contribution in [2.45, 2.75) is 19.1 Å². The molecule has 2 aromatic heterocycles. The van der Waals surface area contributed by atoms with Gasteiger partial charge in [-0.05, 0) is 57.6 Å². The Kier molecular flexibility index (Phi) is 7.80. The molecule has 0 aliphatic rings. The topological polar surface area (TPSA) is 64.9 Å². The first-order valence-electron chi connectivity index (χ1n) is 14.8. The van der Waals surface area contributed by atoms with Crippen LogP contribution in [-0.2, 0) is 19.1 Å². The maximum Gasteiger partial charge on any atom is 0.416 e. The van der Waals surface area contributed by atoms with Gasteiger partial charge in [0.1, 0.15) is 5.75 Å². The first kappa shape index (κ1) is 29.0. The summed E-state index contributed by atoms with van der Waals surface area (Å²) in [4.78, 5) is 13.8. The van der Waals surface area contributed by atoms with Gasteiger partial charge < -0.3 is 14.6 Å². The lowest BCUT2D eigenvalue weighted by atomic mass is 10.0. The molecule has 0 amide bonds. The zero-order chi connectivity index (χ0) is 31.5. The molecule has 46 heavy (non-hydrogen) atoms. The molecule has 0 bridgehead atoms. The van der Waals surface area contributed by atoms with Crippen molar-refractivity contribution >= 4 is 27.8 Å². The highest BCUT2D eigenvalue weighted by Gasteiger charge is 2.30. The predicted octanol–water partition coefficient (Wildman–Crippen LogP) is 9.16. The number of anilines is 1. The number of fused-ring (bicyclic) bond motifs is 2. The van der Waals surface area contributed by atoms with Crippen LogP contribution < -0.4 is 10.1 Å². The minimum atomic E-state index is -4.51. The Labute approximate surface area is 263 Å². The van der Waals surface area contributed by atoms with Crippen molar-refractivity contribution in [2.75, 3.05) is 11.9 Å². The number of aromatic nitrogens is 4. The summed E-state index contributed by atoms with van der Waals surface area (Å²) >= 11 is 0. The second-order valence-electron chi connectivity index (χ2n) is 10.9. The molecular formula is C37H28F3N5O. The summed E-state index contributed by atoms with van der Waals surface area (Å²) in [6, 6.07) is 37.4. The van der Waals surface area contributed by atoms with Gasteiger partial charge in [0.05, 0.1) is 18.4 Å². The van der Waals surface area contributed by atoms with E-state index in [2.05, 4.69) is 80.9 Å². The summed E-state index contributed by atoms with van der Waals surface area (Å²) in [5.41, 5.74) is 4.67. The molecule has 0 fully saturated rings. The monoisotopic (exact) mass is 615 g/mol. The number of imidazole rings is 1. The summed E-state index contributed by atoms with van der Waals surface area (Å²) < 4.78 is 47.9. The van der Waals surface area contributed by atoms with Gasteiger partial charge in [0.15, 0.2) is 17.0 Å². The molecule has 2 heterocycles. The molecule has 0 radical (unpaired) electrons. The molecule has 0 atom stereocenters. The van der Waals surface area contributed by atoms with E-state index in [0.29, 0.717) is 36.5 Å². The largest absolute Gasteiger partial charge is 0.424 e. The number of nitrogens with one attached hydrogen (secondary N) is 1. The van der Waals surface area contributed by atoms with Crippen LogP contribution in [0, 0.1) is 0 Å². The second-order valence-corrected chi connectivity index (χ2v) is 10.9. The number of halogens is 3. The molecule has 7 rings (SSSR count). The van der Waals surface area contributed by atoms with Crippen molar-refractivity contribution in [2.24, 2.45) is 0 Å². The SMILES string of the molecule is FC(F)(F)c1cccc(Oc2nc(NCCc3cccc4ccccc34)c3ncn(Cc4ccc(-c5ccccc5)cc4)c3n2)c1. The lowest BCUT2D eigenvalue weighted by Gasteiger charge is -2.12. The van der Waals surface area contributed by atoms with E-state index in [1.54, 1.807) is 6.33 Å². The molecule has 228 valence electrons. The molecule has 0 unspecified atom stereocenters. The smallest absolute Gasteiger partial charge is 0.416 e. The molecule has 0 aliphatic heterocycles. The van der Waals surface area contributed by atoms with E-state index in [9.17, 15) is 13.2 Å². The number of benzene rings is 5. The molecule has 0 saturated heterocycles. The Bertz CT molecular complexity index is 2120. The van der Waals surface area contributed by atoms with Gasteiger partial charge >= 0.3 is 12.2 Å². The maximum absolute atomic E-state index is 13.4. The third kappa shape index (κ3) is 6.25. The molecule has 1 N–H and O–H groups in total. The van der Waals surface area contributed by atoms with E-state index in [1.807, 2.05) is 41.0 Å². The Morgan fingerprint density at radius 3 is 2.30 bits per heavy atom. The Morgan fingerprint density at radius 1 is 0.739 bits per heavy atom. The van der Waals surface area contributed by atoms with Crippen molar-refractivity contribution in [3.05, 3.63) is 144 Å². The lowest BCUT2D eigenvalue weighted by molar-refractivity contribution is -0.137. The fourth-order valence-corrected chi connectivity index (χ4v) is 5.51. The number of alkyl halides is 3. The fourth-order valence-electron chi connectivity index (χ4n) is 5.51. The zero-order valence-electron chi connectivity index (χ0n) is 24.6. The van der Waals surface area contributed by atoms with Crippen LogP contribution in [0.25, 0.3) is 33.1 Å². The molecule has 7 aromatic rings. The number of nitrogens with zero attached hydrogens (tertiary/aromatic N) is 4. The predicted molar refractivity (Wildman–Crippen MR) is 174 cm³/mol. The van der Waals surface area contributed by atoms with Gasteiger partial charge in [0.25, 0.3) is 0 Å². The third-order valence-corrected chi connectivity index (χ3v) is 7.79. The van der Waals surface area contributed by atoms with Crippen LogP contribution >= 0.6 is 0 Å². The van der Waals surface area contributed by atoms with E-state index >= 15 is 0 Å². The van der Waals surface area contributed by atoms with E-state index in [0.717, 1.165) is 34.2 Å². The summed E-state index contributed by atoms with van der Waals surface area (Å²) in [5, 5.41) is 5.72. The average molecular weight is 616 g/mol. The number of hydrogen-bond donors (Lipinski definition) is 1. The minimum Gasteiger partial charge on any atom is -0.424 e. The highest BCUT2D eigenvalue weighted by atomic mass is 19.4. The van der Waals surface area contributed by atoms with Crippen LogP contribution in [0.4, 0.5) is 19.0 Å². The van der Waals surface area contributed by atoms with Gasteiger partial charge in [-0.25, -0.2) is 4.98 Å². The molecular weight excluding hydrogens is 587 g/mol. The summed E-state index contributed by atoms with van der Waals surface area (Å²) in [6.07, 6.45) is -2.10. The van der Waals surface area contributed by atoms with Crippen LogP contribution in [0.2, 0.25) is 0 Å². The third-order valence-electron chi connectivity index (χ3n) is 7.79. The maximum atomic E-state index is 13.4. The first-order valence-corrected chi connectivity index (χ1v) is 14.8. The van der Waals surface area contributed by atoms with Crippen molar-refractivity contribution in [1.82, 2.24) is 19.5 Å². The molecule has 6 nitrogen and oxygen atoms in total. The molecule has 9 heteroatoms. The molecule has 0 aliphatic carbocycles. The van der Waals surface area contributed by atoms with Crippen molar-refractivity contribution in [3.63, 3.8) is 0 Å². The van der Waals surface area contributed by atoms with Crippen LogP contribution in [0.5, 0.6) is 11.8 Å². The summed E-state index contributed by atoms with van der Waals surface area (Å²) in [6.45, 7) is 1.01. The van der Waals surface area contributed by atoms with Crippen LogP contribution in [0.15, 0.2) is 128 Å². The van der Waals surface area contributed by atoms with Crippen LogP contribution in [-0.4, -0.2) is 26.1 Å². The summed E-state index contributed by atoms with van der Waals surface area (Å²) in [5.74, 6) is 0.420. The zero-order valence-corrected chi connectivity index (χ0v) is 24.6. The van der Waals surface area contributed by atoms with Gasteiger partial charge in [0.2, 0.25) is 0 Å². The normalized spacial score (nSPS) is 11.6. The lowest BCUT2D eigenvalue weighted by Crippen LogP contribution is -2.09. The van der Waals surface area contributed by atoms with Gasteiger partial charge in [-0.3, -0.25) is 0 Å². The minimum absolute atomic E-state index is 0.0153. The highest BCUT2D eigenvalue weighted by molar-refractivity contribution is 5.86. The first-order chi connectivity index (χ1) is 22.4. The van der Waals surface area contributed by atoms with Gasteiger partial charge in [-0.2, -0.15) is 23.1 Å². The Hall–Kier alpha value is -5.70. The molecule has 5 aromatic carbocycles. The van der Waals surface area contributed by atoms with Crippen LogP contribution in [0.3, 0.4) is 0 Å². The van der Waals surface area contributed by atoms with Gasteiger partial charge in [-0.15, -0.1) is 0 Å².